The molecule has 0 amide bonds. The summed E-state index contributed by atoms with van der Waals surface area (Å²) in [7, 11) is 0. The Bertz CT molecular complexity index is 604. The number of nitrogens with zero attached hydrogens (tertiary/aromatic N) is 1. The molecule has 0 radical (unpaired) electrons. The maximum Gasteiger partial charge on any atom is 0.313 e. The summed E-state index contributed by atoms with van der Waals surface area (Å²) in [5, 5.41) is 10.6. The van der Waals surface area contributed by atoms with E-state index < -0.39 is 16.4 Å². The average molecular weight is 282 g/mol. The molecule has 0 aliphatic heterocycles. The molecule has 0 saturated carbocycles. The number of nitro benzene ring substituents is 1. The molecule has 0 fully saturated rings. The predicted molar refractivity (Wildman–Crippen MR) is 68.8 cm³/mol. The van der Waals surface area contributed by atoms with Crippen LogP contribution in [0.1, 0.15) is 5.56 Å². The number of rotatable bonds is 4. The lowest BCUT2D eigenvalue weighted by molar-refractivity contribution is -0.386. The first kappa shape index (κ1) is 13.3. The predicted octanol–water partition coefficient (Wildman–Crippen LogP) is 3.97. The molecule has 0 heterocycles. The fourth-order valence-electron chi connectivity index (χ4n) is 1.51. The minimum atomic E-state index is -0.847. The number of benzene rings is 2. The van der Waals surface area contributed by atoms with Gasteiger partial charge in [0, 0.05) is 6.07 Å². The molecule has 98 valence electrons. The molecule has 19 heavy (non-hydrogen) atoms. The highest BCUT2D eigenvalue weighted by Crippen LogP contribution is 2.32. The molecule has 2 rings (SSSR count). The molecule has 0 saturated heterocycles. The van der Waals surface area contributed by atoms with E-state index >= 15 is 0 Å². The largest absolute Gasteiger partial charge is 0.482 e. The van der Waals surface area contributed by atoms with E-state index in [4.69, 9.17) is 16.3 Å². The van der Waals surface area contributed by atoms with Crippen molar-refractivity contribution < 1.29 is 14.1 Å². The van der Waals surface area contributed by atoms with Gasteiger partial charge in [-0.25, -0.2) is 4.39 Å². The Hall–Kier alpha value is -2.14. The van der Waals surface area contributed by atoms with Crippen molar-refractivity contribution in [3.8, 4) is 5.75 Å². The summed E-state index contributed by atoms with van der Waals surface area (Å²) in [6, 6.07) is 11.0. The summed E-state index contributed by atoms with van der Waals surface area (Å²) in [6.07, 6.45) is 0. The molecule has 0 atom stereocenters. The smallest absolute Gasteiger partial charge is 0.313 e. The Labute approximate surface area is 113 Å². The molecule has 0 aliphatic rings. The van der Waals surface area contributed by atoms with E-state index in [1.165, 1.54) is 0 Å². The standard InChI is InChI=1S/C13H9ClFNO3/c14-10-6-13(12(16(17)18)7-11(10)15)19-8-9-4-2-1-3-5-9/h1-7H,8H2. The zero-order valence-electron chi connectivity index (χ0n) is 9.68. The first-order chi connectivity index (χ1) is 9.08. The van der Waals surface area contributed by atoms with Gasteiger partial charge in [0.15, 0.2) is 5.75 Å². The van der Waals surface area contributed by atoms with Gasteiger partial charge in [0.05, 0.1) is 16.0 Å². The van der Waals surface area contributed by atoms with Gasteiger partial charge in [0.1, 0.15) is 12.4 Å². The minimum absolute atomic E-state index is 0.0553. The lowest BCUT2D eigenvalue weighted by atomic mass is 10.2. The van der Waals surface area contributed by atoms with E-state index in [0.717, 1.165) is 17.7 Å². The van der Waals surface area contributed by atoms with Crippen LogP contribution in [0, 0.1) is 15.9 Å². The minimum Gasteiger partial charge on any atom is -0.482 e. The van der Waals surface area contributed by atoms with Crippen LogP contribution in [0.4, 0.5) is 10.1 Å². The normalized spacial score (nSPS) is 10.2. The summed E-state index contributed by atoms with van der Waals surface area (Å²) in [6.45, 7) is 0.143. The van der Waals surface area contributed by atoms with E-state index in [0.29, 0.717) is 0 Å². The van der Waals surface area contributed by atoms with Crippen molar-refractivity contribution in [3.05, 3.63) is 69.0 Å². The van der Waals surface area contributed by atoms with Gasteiger partial charge in [0.25, 0.3) is 0 Å². The average Bonchev–Trinajstić information content (AvgIpc) is 2.40. The highest BCUT2D eigenvalue weighted by atomic mass is 35.5. The Morgan fingerprint density at radius 3 is 2.58 bits per heavy atom. The van der Waals surface area contributed by atoms with Crippen LogP contribution in [0.5, 0.6) is 5.75 Å². The fraction of sp³-hybridized carbons (Fsp3) is 0.0769. The summed E-state index contributed by atoms with van der Waals surface area (Å²) >= 11 is 5.59. The van der Waals surface area contributed by atoms with E-state index in [1.807, 2.05) is 30.3 Å². The topological polar surface area (TPSA) is 52.4 Å². The lowest BCUT2D eigenvalue weighted by Gasteiger charge is -2.07. The van der Waals surface area contributed by atoms with Crippen LogP contribution < -0.4 is 4.74 Å². The van der Waals surface area contributed by atoms with Crippen molar-refractivity contribution in [1.29, 1.82) is 0 Å². The zero-order valence-corrected chi connectivity index (χ0v) is 10.4. The molecular formula is C13H9ClFNO3. The van der Waals surface area contributed by atoms with Crippen LogP contribution >= 0.6 is 11.6 Å². The maximum atomic E-state index is 13.2. The molecule has 6 heteroatoms. The van der Waals surface area contributed by atoms with Crippen LogP contribution in [0.3, 0.4) is 0 Å². The molecule has 0 bridgehead atoms. The van der Waals surface area contributed by atoms with E-state index in [2.05, 4.69) is 0 Å². The van der Waals surface area contributed by atoms with Crippen LogP contribution in [0.15, 0.2) is 42.5 Å². The Balaban J connectivity index is 2.24. The molecular weight excluding hydrogens is 273 g/mol. The van der Waals surface area contributed by atoms with Gasteiger partial charge in [-0.1, -0.05) is 41.9 Å². The van der Waals surface area contributed by atoms with Gasteiger partial charge < -0.3 is 4.74 Å². The van der Waals surface area contributed by atoms with E-state index in [9.17, 15) is 14.5 Å². The van der Waals surface area contributed by atoms with Crippen LogP contribution in [-0.4, -0.2) is 4.92 Å². The zero-order chi connectivity index (χ0) is 13.8. The van der Waals surface area contributed by atoms with E-state index in [1.54, 1.807) is 0 Å². The first-order valence-corrected chi connectivity index (χ1v) is 5.76. The van der Waals surface area contributed by atoms with Gasteiger partial charge in [0.2, 0.25) is 0 Å². The first-order valence-electron chi connectivity index (χ1n) is 5.38. The SMILES string of the molecule is O=[N+]([O-])c1cc(F)c(Cl)cc1OCc1ccccc1. The number of halogens is 2. The van der Waals surface area contributed by atoms with Crippen LogP contribution in [0.2, 0.25) is 5.02 Å². The van der Waals surface area contributed by atoms with Gasteiger partial charge in [-0.3, -0.25) is 10.1 Å². The van der Waals surface area contributed by atoms with Gasteiger partial charge in [-0.15, -0.1) is 0 Å². The second-order valence-corrected chi connectivity index (χ2v) is 4.17. The Morgan fingerprint density at radius 2 is 1.95 bits per heavy atom. The Morgan fingerprint density at radius 1 is 1.26 bits per heavy atom. The van der Waals surface area contributed by atoms with Crippen molar-refractivity contribution >= 4 is 17.3 Å². The molecule has 0 aromatic heterocycles. The van der Waals surface area contributed by atoms with Crippen molar-refractivity contribution in [2.75, 3.05) is 0 Å². The molecule has 0 spiro atoms. The third-order valence-corrected chi connectivity index (χ3v) is 2.73. The van der Waals surface area contributed by atoms with Crippen LogP contribution in [0.25, 0.3) is 0 Å². The molecule has 0 aliphatic carbocycles. The summed E-state index contributed by atoms with van der Waals surface area (Å²) < 4.78 is 18.5. The van der Waals surface area contributed by atoms with Crippen molar-refractivity contribution in [3.63, 3.8) is 0 Å². The van der Waals surface area contributed by atoms with E-state index in [-0.39, 0.29) is 17.4 Å². The summed E-state index contributed by atoms with van der Waals surface area (Å²) in [5.41, 5.74) is 0.398. The molecule has 0 unspecified atom stereocenters. The number of nitro groups is 1. The number of hydrogen-bond acceptors (Lipinski definition) is 3. The molecule has 0 N–H and O–H groups in total. The summed E-state index contributed by atoms with van der Waals surface area (Å²) in [4.78, 5) is 10.1. The monoisotopic (exact) mass is 281 g/mol. The van der Waals surface area contributed by atoms with Gasteiger partial charge in [-0.05, 0) is 5.56 Å². The fourth-order valence-corrected chi connectivity index (χ4v) is 1.67. The molecule has 2 aromatic carbocycles. The molecule has 4 nitrogen and oxygen atoms in total. The molecule has 2 aromatic rings. The Kier molecular flexibility index (Phi) is 3.97. The van der Waals surface area contributed by atoms with Crippen LogP contribution in [-0.2, 0) is 6.61 Å². The quantitative estimate of drug-likeness (QED) is 0.629. The number of hydrogen-bond donors (Lipinski definition) is 0. The second-order valence-electron chi connectivity index (χ2n) is 3.77. The third-order valence-electron chi connectivity index (χ3n) is 2.44. The lowest BCUT2D eigenvalue weighted by Crippen LogP contribution is -2.00. The highest BCUT2D eigenvalue weighted by molar-refractivity contribution is 6.31. The third kappa shape index (κ3) is 3.20. The van der Waals surface area contributed by atoms with Crippen molar-refractivity contribution in [2.45, 2.75) is 6.61 Å². The van der Waals surface area contributed by atoms with Gasteiger partial charge in [-0.2, -0.15) is 0 Å². The highest BCUT2D eigenvalue weighted by Gasteiger charge is 2.19. The van der Waals surface area contributed by atoms with Crippen molar-refractivity contribution in [1.82, 2.24) is 0 Å². The summed E-state index contributed by atoms with van der Waals surface area (Å²) in [5.74, 6) is -0.902. The second kappa shape index (κ2) is 5.67. The van der Waals surface area contributed by atoms with Gasteiger partial charge >= 0.3 is 5.69 Å². The number of ether oxygens (including phenoxy) is 1. The maximum absolute atomic E-state index is 13.2. The van der Waals surface area contributed by atoms with Crippen molar-refractivity contribution in [2.24, 2.45) is 0 Å².